The van der Waals surface area contributed by atoms with Gasteiger partial charge in [0.15, 0.2) is 0 Å². The number of anilines is 2. The molecule has 5 heteroatoms. The van der Waals surface area contributed by atoms with Crippen molar-refractivity contribution < 1.29 is 9.18 Å². The molecule has 2 N–H and O–H groups in total. The van der Waals surface area contributed by atoms with Gasteiger partial charge in [0.25, 0.3) is 5.91 Å². The van der Waals surface area contributed by atoms with Crippen LogP contribution >= 0.6 is 11.8 Å². The van der Waals surface area contributed by atoms with E-state index in [0.29, 0.717) is 23.5 Å². The topological polar surface area (TPSA) is 46.3 Å². The van der Waals surface area contributed by atoms with Crippen LogP contribution in [0.25, 0.3) is 0 Å². The molecule has 3 aromatic carbocycles. The number of carbonyl (C=O) groups excluding carboxylic acids is 1. The molecule has 27 heavy (non-hydrogen) atoms. The summed E-state index contributed by atoms with van der Waals surface area (Å²) in [5.74, 6) is 0.343. The molecular weight excluding hydrogens is 359 g/mol. The number of nitrogens with zero attached hydrogens (tertiary/aromatic N) is 1. The average molecular weight is 378 g/mol. The van der Waals surface area contributed by atoms with E-state index < -0.39 is 0 Å². The number of nitrogens with two attached hydrogens (primary N) is 1. The fourth-order valence-corrected chi connectivity index (χ4v) is 4.20. The van der Waals surface area contributed by atoms with Crippen molar-refractivity contribution >= 4 is 29.0 Å². The molecule has 1 aliphatic rings. The zero-order chi connectivity index (χ0) is 18.8. The van der Waals surface area contributed by atoms with Gasteiger partial charge in [-0.2, -0.15) is 0 Å². The summed E-state index contributed by atoms with van der Waals surface area (Å²) in [4.78, 5) is 15.6. The molecule has 0 saturated carbocycles. The molecule has 0 saturated heterocycles. The van der Waals surface area contributed by atoms with E-state index in [1.165, 1.54) is 29.5 Å². The maximum absolute atomic E-state index is 13.3. The lowest BCUT2D eigenvalue weighted by Crippen LogP contribution is -2.28. The Morgan fingerprint density at radius 1 is 1.07 bits per heavy atom. The molecule has 1 amide bonds. The number of para-hydroxylation sites is 1. The number of rotatable bonds is 4. The second kappa shape index (κ2) is 7.45. The van der Waals surface area contributed by atoms with Crippen molar-refractivity contribution in [2.24, 2.45) is 0 Å². The first-order chi connectivity index (χ1) is 13.1. The highest BCUT2D eigenvalue weighted by atomic mass is 32.2. The molecule has 1 aliphatic heterocycles. The molecule has 0 aromatic heterocycles. The molecule has 136 valence electrons. The zero-order valence-corrected chi connectivity index (χ0v) is 15.5. The lowest BCUT2D eigenvalue weighted by Gasteiger charge is -2.18. The molecule has 1 heterocycles. The first-order valence-corrected chi connectivity index (χ1v) is 9.77. The van der Waals surface area contributed by atoms with Crippen molar-refractivity contribution in [1.82, 2.24) is 0 Å². The van der Waals surface area contributed by atoms with E-state index in [1.54, 1.807) is 12.1 Å². The molecule has 4 rings (SSSR count). The molecule has 3 aromatic rings. The van der Waals surface area contributed by atoms with Gasteiger partial charge in [0, 0.05) is 34.1 Å². The fraction of sp³-hybridized carbons (Fsp3) is 0.136. The van der Waals surface area contributed by atoms with Gasteiger partial charge in [-0.1, -0.05) is 30.3 Å². The molecule has 0 radical (unpaired) electrons. The van der Waals surface area contributed by atoms with Crippen molar-refractivity contribution in [3.63, 3.8) is 0 Å². The molecule has 0 spiro atoms. The highest BCUT2D eigenvalue weighted by Gasteiger charge is 2.25. The second-order valence-corrected chi connectivity index (χ2v) is 7.52. The van der Waals surface area contributed by atoms with Crippen molar-refractivity contribution in [2.45, 2.75) is 17.1 Å². The number of nitrogen functional groups attached to an aromatic ring is 1. The Labute approximate surface area is 162 Å². The number of carbonyl (C=O) groups is 1. The van der Waals surface area contributed by atoms with Gasteiger partial charge in [0.1, 0.15) is 5.82 Å². The van der Waals surface area contributed by atoms with Crippen LogP contribution in [0.3, 0.4) is 0 Å². The Hall–Kier alpha value is -2.79. The summed E-state index contributed by atoms with van der Waals surface area (Å²) in [6, 6.07) is 19.9. The number of hydrogen-bond acceptors (Lipinski definition) is 3. The van der Waals surface area contributed by atoms with Crippen molar-refractivity contribution in [2.75, 3.05) is 17.2 Å². The first-order valence-electron chi connectivity index (χ1n) is 8.78. The highest BCUT2D eigenvalue weighted by Crippen LogP contribution is 2.32. The van der Waals surface area contributed by atoms with E-state index in [2.05, 4.69) is 6.07 Å². The molecule has 0 atom stereocenters. The average Bonchev–Trinajstić information content (AvgIpc) is 3.10. The zero-order valence-electron chi connectivity index (χ0n) is 14.7. The summed E-state index contributed by atoms with van der Waals surface area (Å²) in [5.41, 5.74) is 10.4. The van der Waals surface area contributed by atoms with Gasteiger partial charge in [-0.25, -0.2) is 4.39 Å². The third-order valence-electron chi connectivity index (χ3n) is 4.67. The quantitative estimate of drug-likeness (QED) is 0.519. The number of halogens is 1. The number of benzene rings is 3. The van der Waals surface area contributed by atoms with Gasteiger partial charge in [-0.3, -0.25) is 4.79 Å². The number of fused-ring (bicyclic) bond motifs is 1. The monoisotopic (exact) mass is 378 g/mol. The predicted octanol–water partition coefficient (Wildman–Crippen LogP) is 4.90. The van der Waals surface area contributed by atoms with Crippen molar-refractivity contribution in [1.29, 1.82) is 0 Å². The summed E-state index contributed by atoms with van der Waals surface area (Å²) in [6.07, 6.45) is 0.874. The summed E-state index contributed by atoms with van der Waals surface area (Å²) >= 11 is 1.53. The minimum Gasteiger partial charge on any atom is -0.398 e. The van der Waals surface area contributed by atoms with Gasteiger partial charge in [0.2, 0.25) is 0 Å². The van der Waals surface area contributed by atoms with Crippen LogP contribution in [0.15, 0.2) is 71.6 Å². The largest absolute Gasteiger partial charge is 0.398 e. The van der Waals surface area contributed by atoms with E-state index in [0.717, 1.165) is 22.6 Å². The summed E-state index contributed by atoms with van der Waals surface area (Å²) < 4.78 is 13.3. The molecular formula is C22H19FN2OS. The smallest absolute Gasteiger partial charge is 0.258 e. The van der Waals surface area contributed by atoms with Gasteiger partial charge in [0.05, 0.1) is 0 Å². The Bertz CT molecular complexity index is 1010. The third kappa shape index (κ3) is 3.69. The van der Waals surface area contributed by atoms with Crippen molar-refractivity contribution in [3.8, 4) is 0 Å². The van der Waals surface area contributed by atoms with Crippen molar-refractivity contribution in [3.05, 3.63) is 89.2 Å². The van der Waals surface area contributed by atoms with Crippen LogP contribution in [0.2, 0.25) is 0 Å². The van der Waals surface area contributed by atoms with E-state index in [-0.39, 0.29) is 11.7 Å². The minimum atomic E-state index is -0.243. The molecule has 0 unspecified atom stereocenters. The Morgan fingerprint density at radius 3 is 2.74 bits per heavy atom. The predicted molar refractivity (Wildman–Crippen MR) is 109 cm³/mol. The molecule has 0 aliphatic carbocycles. The molecule has 0 fully saturated rings. The number of hydrogen-bond donors (Lipinski definition) is 1. The second-order valence-electron chi connectivity index (χ2n) is 6.51. The van der Waals surface area contributed by atoms with Gasteiger partial charge < -0.3 is 10.6 Å². The van der Waals surface area contributed by atoms with Crippen LogP contribution in [0.1, 0.15) is 21.5 Å². The molecule has 3 nitrogen and oxygen atoms in total. The van der Waals surface area contributed by atoms with Crippen LogP contribution in [0.4, 0.5) is 15.8 Å². The molecule has 0 bridgehead atoms. The van der Waals surface area contributed by atoms with E-state index >= 15 is 0 Å². The van der Waals surface area contributed by atoms with Gasteiger partial charge in [-0.05, 0) is 53.9 Å². The van der Waals surface area contributed by atoms with Gasteiger partial charge in [-0.15, -0.1) is 11.8 Å². The van der Waals surface area contributed by atoms with Crippen LogP contribution in [0, 0.1) is 5.82 Å². The first kappa shape index (κ1) is 17.6. The Morgan fingerprint density at radius 2 is 1.93 bits per heavy atom. The maximum atomic E-state index is 13.3. The standard InChI is InChI=1S/C22H19FN2OS/c23-18-6-3-4-15(12-18)14-27-21-9-8-17(13-19(21)24)22(26)25-11-10-16-5-1-2-7-20(16)25/h1-9,12-13H,10-11,14,24H2. The number of amides is 1. The summed E-state index contributed by atoms with van der Waals surface area (Å²) in [6.45, 7) is 0.689. The minimum absolute atomic E-state index is 0.0340. The van der Waals surface area contributed by atoms with Gasteiger partial charge >= 0.3 is 0 Å². The summed E-state index contributed by atoms with van der Waals surface area (Å²) in [5, 5.41) is 0. The lowest BCUT2D eigenvalue weighted by molar-refractivity contribution is 0.0989. The summed E-state index contributed by atoms with van der Waals surface area (Å²) in [7, 11) is 0. The Balaban J connectivity index is 1.49. The van der Waals surface area contributed by atoms with Crippen LogP contribution < -0.4 is 10.6 Å². The third-order valence-corrected chi connectivity index (χ3v) is 5.83. The highest BCUT2D eigenvalue weighted by molar-refractivity contribution is 7.98. The van der Waals surface area contributed by atoms with E-state index in [1.807, 2.05) is 41.3 Å². The fourth-order valence-electron chi connectivity index (χ4n) is 3.31. The van der Waals surface area contributed by atoms with Crippen LogP contribution in [-0.4, -0.2) is 12.5 Å². The lowest BCUT2D eigenvalue weighted by atomic mass is 10.1. The number of thioether (sulfide) groups is 1. The maximum Gasteiger partial charge on any atom is 0.258 e. The van der Waals surface area contributed by atoms with Crippen LogP contribution in [-0.2, 0) is 12.2 Å². The Kier molecular flexibility index (Phi) is 4.86. The van der Waals surface area contributed by atoms with E-state index in [4.69, 9.17) is 5.73 Å². The van der Waals surface area contributed by atoms with Crippen LogP contribution in [0.5, 0.6) is 0 Å². The normalized spacial score (nSPS) is 12.9. The van der Waals surface area contributed by atoms with E-state index in [9.17, 15) is 9.18 Å². The SMILES string of the molecule is Nc1cc(C(=O)N2CCc3ccccc32)ccc1SCc1cccc(F)c1.